The summed E-state index contributed by atoms with van der Waals surface area (Å²) in [4.78, 5) is 6.56. The van der Waals surface area contributed by atoms with Crippen molar-refractivity contribution >= 4 is 11.5 Å². The minimum absolute atomic E-state index is 0.137. The number of amidine groups is 1. The van der Waals surface area contributed by atoms with E-state index >= 15 is 0 Å². The summed E-state index contributed by atoms with van der Waals surface area (Å²) in [5, 5.41) is 12.1. The van der Waals surface area contributed by atoms with E-state index in [1.165, 1.54) is 0 Å². The molecule has 6 heteroatoms. The van der Waals surface area contributed by atoms with Gasteiger partial charge in [0.25, 0.3) is 0 Å². The Balaban J connectivity index is 1.99. The molecule has 0 bridgehead atoms. The molecule has 2 heterocycles. The maximum Gasteiger partial charge on any atom is 0.172 e. The highest BCUT2D eigenvalue weighted by Crippen LogP contribution is 2.25. The third-order valence-electron chi connectivity index (χ3n) is 3.62. The van der Waals surface area contributed by atoms with E-state index in [1.807, 2.05) is 37.5 Å². The van der Waals surface area contributed by atoms with Gasteiger partial charge in [-0.05, 0) is 19.1 Å². The largest absolute Gasteiger partial charge is 0.409 e. The van der Waals surface area contributed by atoms with Gasteiger partial charge in [0.15, 0.2) is 5.84 Å². The SMILES string of the molecule is Cc1ccc(N2CCn3ccnc3C2)c(/C(N)=N/O)c1. The van der Waals surface area contributed by atoms with Crippen molar-refractivity contribution in [3.05, 3.63) is 47.5 Å². The van der Waals surface area contributed by atoms with Gasteiger partial charge in [0.1, 0.15) is 5.82 Å². The lowest BCUT2D eigenvalue weighted by molar-refractivity contribution is 0.318. The van der Waals surface area contributed by atoms with E-state index < -0.39 is 0 Å². The maximum absolute atomic E-state index is 8.95. The molecule has 0 aliphatic carbocycles. The van der Waals surface area contributed by atoms with Crippen LogP contribution in [-0.2, 0) is 13.1 Å². The Bertz CT molecular complexity index is 661. The zero-order valence-corrected chi connectivity index (χ0v) is 11.3. The average Bonchev–Trinajstić information content (AvgIpc) is 2.93. The summed E-state index contributed by atoms with van der Waals surface area (Å²) < 4.78 is 2.15. The van der Waals surface area contributed by atoms with Crippen LogP contribution in [0.4, 0.5) is 5.69 Å². The van der Waals surface area contributed by atoms with Crippen molar-refractivity contribution in [3.8, 4) is 0 Å². The summed E-state index contributed by atoms with van der Waals surface area (Å²) in [6.07, 6.45) is 3.81. The van der Waals surface area contributed by atoms with Gasteiger partial charge in [0, 0.05) is 36.7 Å². The molecule has 2 aromatic rings. The Morgan fingerprint density at radius 1 is 1.40 bits per heavy atom. The number of anilines is 1. The highest BCUT2D eigenvalue weighted by molar-refractivity contribution is 6.02. The zero-order valence-electron chi connectivity index (χ0n) is 11.3. The van der Waals surface area contributed by atoms with E-state index in [4.69, 9.17) is 10.9 Å². The van der Waals surface area contributed by atoms with Crippen molar-refractivity contribution in [1.82, 2.24) is 9.55 Å². The molecule has 0 fully saturated rings. The van der Waals surface area contributed by atoms with Crippen LogP contribution in [0.5, 0.6) is 0 Å². The number of benzene rings is 1. The Morgan fingerprint density at radius 2 is 2.25 bits per heavy atom. The van der Waals surface area contributed by atoms with Crippen LogP contribution in [0.1, 0.15) is 17.0 Å². The average molecular weight is 271 g/mol. The molecule has 0 atom stereocenters. The van der Waals surface area contributed by atoms with Crippen LogP contribution in [0.15, 0.2) is 35.7 Å². The van der Waals surface area contributed by atoms with Gasteiger partial charge < -0.3 is 20.4 Å². The number of oxime groups is 1. The molecular formula is C14H17N5O. The lowest BCUT2D eigenvalue weighted by atomic mass is 10.1. The summed E-state index contributed by atoms with van der Waals surface area (Å²) in [6.45, 7) is 4.47. The minimum atomic E-state index is 0.137. The van der Waals surface area contributed by atoms with Crippen LogP contribution in [0, 0.1) is 6.92 Å². The van der Waals surface area contributed by atoms with Crippen molar-refractivity contribution in [2.24, 2.45) is 10.9 Å². The van der Waals surface area contributed by atoms with E-state index in [1.54, 1.807) is 0 Å². The molecule has 0 saturated heterocycles. The van der Waals surface area contributed by atoms with E-state index in [2.05, 4.69) is 19.6 Å². The number of hydrogen-bond acceptors (Lipinski definition) is 4. The quantitative estimate of drug-likeness (QED) is 0.373. The monoisotopic (exact) mass is 271 g/mol. The first kappa shape index (κ1) is 12.5. The molecule has 3 N–H and O–H groups in total. The lowest BCUT2D eigenvalue weighted by Gasteiger charge is -2.31. The van der Waals surface area contributed by atoms with Gasteiger partial charge in [0.05, 0.1) is 6.54 Å². The number of nitrogens with zero attached hydrogens (tertiary/aromatic N) is 4. The topological polar surface area (TPSA) is 79.7 Å². The van der Waals surface area contributed by atoms with Gasteiger partial charge in [-0.3, -0.25) is 0 Å². The van der Waals surface area contributed by atoms with E-state index in [0.717, 1.165) is 42.3 Å². The Labute approximate surface area is 117 Å². The summed E-state index contributed by atoms with van der Waals surface area (Å²) in [6, 6.07) is 5.98. The van der Waals surface area contributed by atoms with Crippen LogP contribution in [0.25, 0.3) is 0 Å². The number of fused-ring (bicyclic) bond motifs is 1. The lowest BCUT2D eigenvalue weighted by Crippen LogP contribution is -2.35. The van der Waals surface area contributed by atoms with Crippen molar-refractivity contribution in [3.63, 3.8) is 0 Å². The predicted octanol–water partition coefficient (Wildman–Crippen LogP) is 1.31. The molecule has 1 aliphatic heterocycles. The molecular weight excluding hydrogens is 254 g/mol. The molecule has 20 heavy (non-hydrogen) atoms. The Kier molecular flexibility index (Phi) is 3.06. The van der Waals surface area contributed by atoms with Crippen molar-refractivity contribution in [1.29, 1.82) is 0 Å². The highest BCUT2D eigenvalue weighted by Gasteiger charge is 2.20. The zero-order chi connectivity index (χ0) is 14.1. The Morgan fingerprint density at radius 3 is 3.05 bits per heavy atom. The fraction of sp³-hybridized carbons (Fsp3) is 0.286. The van der Waals surface area contributed by atoms with Crippen LogP contribution < -0.4 is 10.6 Å². The Hall–Kier alpha value is -2.50. The maximum atomic E-state index is 8.95. The predicted molar refractivity (Wildman–Crippen MR) is 77.0 cm³/mol. The smallest absolute Gasteiger partial charge is 0.172 e. The van der Waals surface area contributed by atoms with Crippen LogP contribution in [-0.4, -0.2) is 27.1 Å². The fourth-order valence-electron chi connectivity index (χ4n) is 2.56. The van der Waals surface area contributed by atoms with Gasteiger partial charge in [-0.25, -0.2) is 4.98 Å². The third-order valence-corrected chi connectivity index (χ3v) is 3.62. The molecule has 0 radical (unpaired) electrons. The molecule has 104 valence electrons. The second-order valence-corrected chi connectivity index (χ2v) is 4.96. The van der Waals surface area contributed by atoms with E-state index in [-0.39, 0.29) is 5.84 Å². The summed E-state index contributed by atoms with van der Waals surface area (Å²) in [5.41, 5.74) is 8.60. The molecule has 0 unspecified atom stereocenters. The molecule has 1 aromatic heterocycles. The number of aryl methyl sites for hydroxylation is 1. The second kappa shape index (κ2) is 4.88. The van der Waals surface area contributed by atoms with Crippen LogP contribution in [0.3, 0.4) is 0 Å². The van der Waals surface area contributed by atoms with Crippen LogP contribution in [0.2, 0.25) is 0 Å². The summed E-state index contributed by atoms with van der Waals surface area (Å²) in [5.74, 6) is 1.17. The highest BCUT2D eigenvalue weighted by atomic mass is 16.4. The van der Waals surface area contributed by atoms with Crippen molar-refractivity contribution in [2.45, 2.75) is 20.0 Å². The first-order chi connectivity index (χ1) is 9.69. The number of aromatic nitrogens is 2. The van der Waals surface area contributed by atoms with Gasteiger partial charge in [-0.2, -0.15) is 0 Å². The first-order valence-corrected chi connectivity index (χ1v) is 6.52. The van der Waals surface area contributed by atoms with Gasteiger partial charge in [0.2, 0.25) is 0 Å². The first-order valence-electron chi connectivity index (χ1n) is 6.52. The minimum Gasteiger partial charge on any atom is -0.409 e. The number of nitrogens with two attached hydrogens (primary N) is 1. The van der Waals surface area contributed by atoms with E-state index in [0.29, 0.717) is 0 Å². The molecule has 0 amide bonds. The third kappa shape index (κ3) is 2.09. The van der Waals surface area contributed by atoms with E-state index in [9.17, 15) is 0 Å². The van der Waals surface area contributed by atoms with Crippen molar-refractivity contribution < 1.29 is 5.21 Å². The molecule has 3 rings (SSSR count). The number of imidazole rings is 1. The number of rotatable bonds is 2. The second-order valence-electron chi connectivity index (χ2n) is 4.96. The molecule has 6 nitrogen and oxygen atoms in total. The van der Waals surface area contributed by atoms with Gasteiger partial charge in [-0.15, -0.1) is 0 Å². The molecule has 0 saturated carbocycles. The van der Waals surface area contributed by atoms with Gasteiger partial charge in [-0.1, -0.05) is 16.8 Å². The van der Waals surface area contributed by atoms with Crippen LogP contribution >= 0.6 is 0 Å². The van der Waals surface area contributed by atoms with Crippen molar-refractivity contribution in [2.75, 3.05) is 11.4 Å². The van der Waals surface area contributed by atoms with Gasteiger partial charge >= 0.3 is 0 Å². The number of hydrogen-bond donors (Lipinski definition) is 2. The standard InChI is InChI=1S/C14H17N5O/c1-10-2-3-12(11(8-10)14(15)17-20)19-7-6-18-5-4-16-13(18)9-19/h2-5,8,20H,6-7,9H2,1H3,(H2,15,17). The fourth-order valence-corrected chi connectivity index (χ4v) is 2.56. The molecule has 1 aromatic carbocycles. The molecule has 0 spiro atoms. The summed E-state index contributed by atoms with van der Waals surface area (Å²) in [7, 11) is 0. The summed E-state index contributed by atoms with van der Waals surface area (Å²) >= 11 is 0. The normalized spacial score (nSPS) is 15.2. The molecule has 1 aliphatic rings.